The Morgan fingerprint density at radius 2 is 1.40 bits per heavy atom. The summed E-state index contributed by atoms with van der Waals surface area (Å²) in [6.07, 6.45) is -6.29. The van der Waals surface area contributed by atoms with Crippen molar-refractivity contribution < 1.29 is 26.3 Å². The van der Waals surface area contributed by atoms with Crippen molar-refractivity contribution in [2.24, 2.45) is 5.92 Å². The van der Waals surface area contributed by atoms with Gasteiger partial charge in [-0.25, -0.2) is 0 Å². The molecule has 3 rings (SSSR count). The molecule has 0 atom stereocenters. The molecule has 0 saturated heterocycles. The molecule has 6 heteroatoms. The summed E-state index contributed by atoms with van der Waals surface area (Å²) in [5, 5.41) is 0. The maximum atomic E-state index is 13.4. The minimum Gasteiger partial charge on any atom is -0.166 e. The van der Waals surface area contributed by atoms with Gasteiger partial charge in [0, 0.05) is 0 Å². The highest BCUT2D eigenvalue weighted by molar-refractivity contribution is 5.84. The topological polar surface area (TPSA) is 0 Å². The number of hydrogen-bond donors (Lipinski definition) is 0. The highest BCUT2D eigenvalue weighted by Gasteiger charge is 2.37. The first-order valence-corrected chi connectivity index (χ1v) is 9.92. The number of hydrogen-bond acceptors (Lipinski definition) is 0. The van der Waals surface area contributed by atoms with Crippen LogP contribution >= 0.6 is 0 Å². The number of alkyl halides is 6. The summed E-state index contributed by atoms with van der Waals surface area (Å²) in [6, 6.07) is 5.63. The Morgan fingerprint density at radius 1 is 0.833 bits per heavy atom. The number of rotatable bonds is 4. The number of halogens is 6. The van der Waals surface area contributed by atoms with Crippen molar-refractivity contribution in [1.29, 1.82) is 0 Å². The van der Waals surface area contributed by atoms with Crippen molar-refractivity contribution in [2.45, 2.75) is 58.8 Å². The largest absolute Gasteiger partial charge is 0.416 e. The van der Waals surface area contributed by atoms with Gasteiger partial charge in [-0.05, 0) is 70.7 Å². The molecule has 2 aromatic carbocycles. The summed E-state index contributed by atoms with van der Waals surface area (Å²) in [7, 11) is 0. The Balaban J connectivity index is 2.30. The summed E-state index contributed by atoms with van der Waals surface area (Å²) < 4.78 is 80.5. The molecular formula is C24H24F6. The lowest BCUT2D eigenvalue weighted by Crippen LogP contribution is -2.11. The minimum absolute atomic E-state index is 0.0419. The zero-order valence-electron chi connectivity index (χ0n) is 17.3. The Kier molecular flexibility index (Phi) is 5.82. The van der Waals surface area contributed by atoms with E-state index >= 15 is 0 Å². The zero-order valence-corrected chi connectivity index (χ0v) is 17.3. The molecular weight excluding hydrogens is 402 g/mol. The van der Waals surface area contributed by atoms with Crippen LogP contribution in [-0.4, -0.2) is 0 Å². The second-order valence-corrected chi connectivity index (χ2v) is 8.63. The molecule has 162 valence electrons. The Morgan fingerprint density at radius 3 is 1.87 bits per heavy atom. The van der Waals surface area contributed by atoms with Crippen LogP contribution < -0.4 is 0 Å². The van der Waals surface area contributed by atoms with E-state index in [4.69, 9.17) is 0 Å². The average molecular weight is 426 g/mol. The van der Waals surface area contributed by atoms with Gasteiger partial charge in [-0.2, -0.15) is 26.3 Å². The molecule has 0 fully saturated rings. The van der Waals surface area contributed by atoms with Gasteiger partial charge in [-0.1, -0.05) is 51.5 Å². The van der Waals surface area contributed by atoms with Crippen molar-refractivity contribution >= 4 is 6.08 Å². The summed E-state index contributed by atoms with van der Waals surface area (Å²) in [5.74, 6) is 0.348. The van der Waals surface area contributed by atoms with E-state index in [-0.39, 0.29) is 17.5 Å². The smallest absolute Gasteiger partial charge is 0.166 e. The third-order valence-electron chi connectivity index (χ3n) is 5.30. The lowest BCUT2D eigenvalue weighted by atomic mass is 9.86. The van der Waals surface area contributed by atoms with Crippen LogP contribution in [0.1, 0.15) is 67.9 Å². The molecule has 30 heavy (non-hydrogen) atoms. The van der Waals surface area contributed by atoms with Gasteiger partial charge in [0.2, 0.25) is 0 Å². The predicted molar refractivity (Wildman–Crippen MR) is 107 cm³/mol. The van der Waals surface area contributed by atoms with Gasteiger partial charge in [-0.15, -0.1) is 0 Å². The van der Waals surface area contributed by atoms with Gasteiger partial charge in [0.25, 0.3) is 0 Å². The van der Waals surface area contributed by atoms with Crippen molar-refractivity contribution in [3.63, 3.8) is 0 Å². The molecule has 0 N–H and O–H groups in total. The van der Waals surface area contributed by atoms with Crippen LogP contribution in [0.2, 0.25) is 0 Å². The summed E-state index contributed by atoms with van der Waals surface area (Å²) in [6.45, 7) is 7.92. The average Bonchev–Trinajstić information content (AvgIpc) is 3.00. The molecule has 0 radical (unpaired) electrons. The second-order valence-electron chi connectivity index (χ2n) is 8.63. The Labute approximate surface area is 172 Å². The molecule has 2 aromatic rings. The molecule has 0 unspecified atom stereocenters. The maximum absolute atomic E-state index is 13.4. The summed E-state index contributed by atoms with van der Waals surface area (Å²) in [4.78, 5) is 0. The van der Waals surface area contributed by atoms with Gasteiger partial charge in [0.1, 0.15) is 0 Å². The Bertz CT molecular complexity index is 942. The van der Waals surface area contributed by atoms with E-state index in [1.807, 2.05) is 32.1 Å². The highest BCUT2D eigenvalue weighted by Crippen LogP contribution is 2.44. The van der Waals surface area contributed by atoms with E-state index in [1.165, 1.54) is 0 Å². The van der Waals surface area contributed by atoms with Crippen molar-refractivity contribution in [2.75, 3.05) is 0 Å². The van der Waals surface area contributed by atoms with Gasteiger partial charge in [0.05, 0.1) is 11.1 Å². The molecule has 0 amide bonds. The van der Waals surface area contributed by atoms with Gasteiger partial charge in [-0.3, -0.25) is 0 Å². The first-order chi connectivity index (χ1) is 13.8. The van der Waals surface area contributed by atoms with Crippen molar-refractivity contribution in [3.05, 3.63) is 63.7 Å². The van der Waals surface area contributed by atoms with Crippen molar-refractivity contribution in [3.8, 4) is 11.1 Å². The summed E-state index contributed by atoms with van der Waals surface area (Å²) >= 11 is 0. The van der Waals surface area contributed by atoms with Crippen LogP contribution in [0.3, 0.4) is 0 Å². The molecule has 0 bridgehead atoms. The molecule has 1 aliphatic rings. The van der Waals surface area contributed by atoms with E-state index in [0.29, 0.717) is 17.9 Å². The maximum Gasteiger partial charge on any atom is 0.416 e. The van der Waals surface area contributed by atoms with E-state index in [1.54, 1.807) is 0 Å². The first-order valence-electron chi connectivity index (χ1n) is 9.92. The van der Waals surface area contributed by atoms with Crippen LogP contribution in [0.15, 0.2) is 35.9 Å². The van der Waals surface area contributed by atoms with Crippen LogP contribution in [0.25, 0.3) is 17.2 Å². The number of allylic oxidation sites excluding steroid dienone is 1. The van der Waals surface area contributed by atoms with E-state index in [0.717, 1.165) is 40.8 Å². The van der Waals surface area contributed by atoms with Gasteiger partial charge < -0.3 is 0 Å². The normalized spacial score (nSPS) is 14.5. The fourth-order valence-electron chi connectivity index (χ4n) is 4.06. The molecule has 0 heterocycles. The van der Waals surface area contributed by atoms with E-state index in [9.17, 15) is 26.3 Å². The van der Waals surface area contributed by atoms with E-state index < -0.39 is 23.5 Å². The molecule has 1 aliphatic carbocycles. The van der Waals surface area contributed by atoms with Crippen LogP contribution in [-0.2, 0) is 18.8 Å². The third-order valence-corrected chi connectivity index (χ3v) is 5.30. The van der Waals surface area contributed by atoms with E-state index in [2.05, 4.69) is 13.8 Å². The molecule has 0 aromatic heterocycles. The third kappa shape index (κ3) is 4.57. The minimum atomic E-state index is -4.87. The second kappa shape index (κ2) is 7.78. The SMILES string of the molecule is CC(C)CC1=Cc2c(ccc(C(C)C)c2-c2cc(C(F)(F)F)cc(C(F)(F)F)c2)C1. The standard InChI is InChI=1S/C24H24F6/c1-13(2)7-15-8-16-5-6-20(14(3)4)22(21(16)9-15)17-10-18(23(25,26)27)12-19(11-17)24(28,29)30/h5-6,9-14H,7-8H2,1-4H3. The number of benzene rings is 2. The highest BCUT2D eigenvalue weighted by atomic mass is 19.4. The fourth-order valence-corrected chi connectivity index (χ4v) is 4.06. The van der Waals surface area contributed by atoms with Gasteiger partial charge in [0.15, 0.2) is 0 Å². The Hall–Kier alpha value is -2.24. The van der Waals surface area contributed by atoms with Crippen LogP contribution in [0, 0.1) is 5.92 Å². The quantitative estimate of drug-likeness (QED) is 0.430. The fraction of sp³-hybridized carbons (Fsp3) is 0.417. The van der Waals surface area contributed by atoms with Crippen LogP contribution in [0.5, 0.6) is 0 Å². The lowest BCUT2D eigenvalue weighted by Gasteiger charge is -2.20. The zero-order chi connectivity index (χ0) is 22.4. The molecule has 0 spiro atoms. The molecule has 0 saturated carbocycles. The van der Waals surface area contributed by atoms with Crippen LogP contribution in [0.4, 0.5) is 26.3 Å². The monoisotopic (exact) mass is 426 g/mol. The van der Waals surface area contributed by atoms with Crippen molar-refractivity contribution in [1.82, 2.24) is 0 Å². The molecule has 0 aliphatic heterocycles. The number of fused-ring (bicyclic) bond motifs is 1. The molecule has 0 nitrogen and oxygen atoms in total. The first kappa shape index (κ1) is 22.4. The lowest BCUT2D eigenvalue weighted by molar-refractivity contribution is -0.143. The summed E-state index contributed by atoms with van der Waals surface area (Å²) in [5.41, 5.74) is 1.42. The predicted octanol–water partition coefficient (Wildman–Crippen LogP) is 8.50. The van der Waals surface area contributed by atoms with Gasteiger partial charge >= 0.3 is 12.4 Å².